The number of aryl methyl sites for hydroxylation is 1. The number of carbonyl (C=O) groups excluding carboxylic acids is 7. The summed E-state index contributed by atoms with van der Waals surface area (Å²) in [6.45, 7) is 18.1. The molecular weight excluding hydrogens is 915 g/mol. The van der Waals surface area contributed by atoms with Gasteiger partial charge < -0.3 is 51.8 Å². The molecule has 0 bridgehead atoms. The van der Waals surface area contributed by atoms with Gasteiger partial charge in [-0.05, 0) is 122 Å². The Morgan fingerprint density at radius 2 is 1.46 bits per heavy atom. The van der Waals surface area contributed by atoms with Crippen molar-refractivity contribution >= 4 is 41.4 Å². The number of likely N-dealkylation sites (N-methyl/N-ethyl adjacent to an activating group) is 2. The van der Waals surface area contributed by atoms with Crippen molar-refractivity contribution in [1.29, 1.82) is 0 Å². The van der Waals surface area contributed by atoms with Crippen molar-refractivity contribution in [1.82, 2.24) is 47.0 Å². The lowest BCUT2D eigenvalue weighted by molar-refractivity contribution is -0.144. The second-order valence-corrected chi connectivity index (χ2v) is 21.7. The predicted octanol–water partition coefficient (Wildman–Crippen LogP) is 3.83. The number of nitrogens with one attached hydrogen (secondary N) is 7. The van der Waals surface area contributed by atoms with E-state index >= 15 is 0 Å². The monoisotopic (exact) mass is 992 g/mol. The number of ether oxygens (including phenoxy) is 1. The average molecular weight is 992 g/mol. The van der Waals surface area contributed by atoms with Gasteiger partial charge in [-0.2, -0.15) is 0 Å². The minimum absolute atomic E-state index is 0.0815. The van der Waals surface area contributed by atoms with Crippen molar-refractivity contribution in [3.05, 3.63) is 100 Å². The van der Waals surface area contributed by atoms with Crippen LogP contribution in [0.2, 0.25) is 0 Å². The third-order valence-electron chi connectivity index (χ3n) is 14.0. The maximum Gasteiger partial charge on any atom is 0.251 e. The Morgan fingerprint density at radius 3 is 2.14 bits per heavy atom. The van der Waals surface area contributed by atoms with Gasteiger partial charge in [0.25, 0.3) is 5.91 Å². The molecule has 7 N–H and O–H groups in total. The highest BCUT2D eigenvalue weighted by Crippen LogP contribution is 2.32. The van der Waals surface area contributed by atoms with E-state index in [0.29, 0.717) is 37.4 Å². The number of rotatable bonds is 18. The summed E-state index contributed by atoms with van der Waals surface area (Å²) in [6, 6.07) is 16.6. The standard InChI is InChI=1S/C55H77N9O8/c1-11-57-34(3)48(66)58-29-45(65)61-46(54(4,5)6)52(70)63-26-25-36-23-24-41(27-39(36)30-63)72-32-35-19-21-38(22-20-35)50(68)59-40-28-44(51(69)60-43-18-14-16-37-15-12-13-17-42(37)43)64(31-40)53(71)47(55(7,8)9)62-49(67)33(2)56-10/h12-13,15,17,19-24,27,33-34,40,43-44,46-47,56-57H,11,14,16,18,25-26,28-32H2,1-10H3,(H,58,66)(H,59,68)(H,60,69)(H,61,65)(H,62,67)/t33-,34-,40-,43+,44-,46+,47+/m0/s1. The van der Waals surface area contributed by atoms with E-state index < -0.39 is 53.0 Å². The minimum Gasteiger partial charge on any atom is -0.489 e. The van der Waals surface area contributed by atoms with Gasteiger partial charge in [0.2, 0.25) is 35.4 Å². The van der Waals surface area contributed by atoms with E-state index in [1.807, 2.05) is 97.0 Å². The first-order chi connectivity index (χ1) is 34.1. The van der Waals surface area contributed by atoms with E-state index in [1.165, 1.54) is 10.5 Å². The fourth-order valence-corrected chi connectivity index (χ4v) is 9.58. The smallest absolute Gasteiger partial charge is 0.251 e. The third kappa shape index (κ3) is 14.0. The van der Waals surface area contributed by atoms with Gasteiger partial charge in [0.1, 0.15) is 30.5 Å². The fraction of sp³-hybridized carbons (Fsp3) is 0.545. The first-order valence-corrected chi connectivity index (χ1v) is 25.5. The Bertz CT molecular complexity index is 2450. The average Bonchev–Trinajstić information content (AvgIpc) is 3.78. The molecule has 2 heterocycles. The lowest BCUT2D eigenvalue weighted by atomic mass is 9.85. The highest BCUT2D eigenvalue weighted by atomic mass is 16.5. The lowest BCUT2D eigenvalue weighted by Gasteiger charge is -2.37. The molecule has 3 aromatic carbocycles. The molecule has 1 aliphatic carbocycles. The van der Waals surface area contributed by atoms with Crippen LogP contribution in [0.25, 0.3) is 0 Å². The first kappa shape index (κ1) is 55.0. The number of fused-ring (bicyclic) bond motifs is 2. The van der Waals surface area contributed by atoms with Crippen molar-refractivity contribution in [2.45, 2.75) is 150 Å². The summed E-state index contributed by atoms with van der Waals surface area (Å²) in [4.78, 5) is 98.4. The van der Waals surface area contributed by atoms with Gasteiger partial charge in [0.05, 0.1) is 24.7 Å². The number of amides is 7. The third-order valence-corrected chi connectivity index (χ3v) is 14.0. The highest BCUT2D eigenvalue weighted by molar-refractivity contribution is 5.96. The quantitative estimate of drug-likeness (QED) is 0.0978. The number of nitrogens with zero attached hydrogens (tertiary/aromatic N) is 2. The van der Waals surface area contributed by atoms with Gasteiger partial charge in [0.15, 0.2) is 0 Å². The zero-order chi connectivity index (χ0) is 52.5. The van der Waals surface area contributed by atoms with Gasteiger partial charge in [0, 0.05) is 31.2 Å². The number of hydrogen-bond donors (Lipinski definition) is 7. The molecule has 0 spiro atoms. The minimum atomic E-state index is -0.936. The van der Waals surface area contributed by atoms with E-state index in [9.17, 15) is 33.6 Å². The fourth-order valence-electron chi connectivity index (χ4n) is 9.58. The van der Waals surface area contributed by atoms with Crippen LogP contribution in [0.5, 0.6) is 5.75 Å². The highest BCUT2D eigenvalue weighted by Gasteiger charge is 2.46. The molecule has 2 aliphatic heterocycles. The van der Waals surface area contributed by atoms with Crippen LogP contribution in [0, 0.1) is 10.8 Å². The molecule has 7 amide bonds. The van der Waals surface area contributed by atoms with Crippen LogP contribution < -0.4 is 42.0 Å². The molecule has 390 valence electrons. The Morgan fingerprint density at radius 1 is 0.764 bits per heavy atom. The molecular formula is C55H77N9O8. The van der Waals surface area contributed by atoms with Crippen LogP contribution in [0.4, 0.5) is 0 Å². The Kier molecular flexibility index (Phi) is 18.3. The van der Waals surface area contributed by atoms with Gasteiger partial charge in [-0.15, -0.1) is 0 Å². The van der Waals surface area contributed by atoms with Crippen LogP contribution in [0.3, 0.4) is 0 Å². The molecule has 3 aromatic rings. The van der Waals surface area contributed by atoms with Crippen LogP contribution in [-0.4, -0.2) is 121 Å². The van der Waals surface area contributed by atoms with E-state index in [2.05, 4.69) is 43.3 Å². The lowest BCUT2D eigenvalue weighted by Crippen LogP contribution is -2.59. The normalized spacial score (nSPS) is 19.3. The van der Waals surface area contributed by atoms with E-state index in [4.69, 9.17) is 4.74 Å². The molecule has 7 atom stereocenters. The number of hydrogen-bond acceptors (Lipinski definition) is 10. The molecule has 1 fully saturated rings. The summed E-state index contributed by atoms with van der Waals surface area (Å²) >= 11 is 0. The topological polar surface area (TPSA) is 219 Å². The van der Waals surface area contributed by atoms with Gasteiger partial charge >= 0.3 is 0 Å². The number of carbonyl (C=O) groups is 7. The Labute approximate surface area is 425 Å². The maximum atomic E-state index is 14.6. The van der Waals surface area contributed by atoms with Gasteiger partial charge in [-0.25, -0.2) is 0 Å². The van der Waals surface area contributed by atoms with Gasteiger partial charge in [-0.3, -0.25) is 33.6 Å². The molecule has 0 saturated carbocycles. The van der Waals surface area contributed by atoms with Crippen LogP contribution in [-0.2, 0) is 54.8 Å². The Hall–Kier alpha value is -6.33. The number of likely N-dealkylation sites (tertiary alicyclic amines) is 1. The zero-order valence-electron chi connectivity index (χ0n) is 43.8. The molecule has 0 radical (unpaired) electrons. The van der Waals surface area contributed by atoms with Crippen molar-refractivity contribution in [2.24, 2.45) is 10.8 Å². The molecule has 0 unspecified atom stereocenters. The summed E-state index contributed by atoms with van der Waals surface area (Å²) in [5, 5.41) is 20.7. The van der Waals surface area contributed by atoms with Crippen LogP contribution in [0.1, 0.15) is 126 Å². The van der Waals surface area contributed by atoms with E-state index in [1.54, 1.807) is 37.9 Å². The van der Waals surface area contributed by atoms with Crippen molar-refractivity contribution < 1.29 is 38.3 Å². The summed E-state index contributed by atoms with van der Waals surface area (Å²) in [7, 11) is 1.67. The summed E-state index contributed by atoms with van der Waals surface area (Å²) in [6.07, 6.45) is 3.45. The molecule has 3 aliphatic rings. The second-order valence-electron chi connectivity index (χ2n) is 21.7. The molecule has 6 rings (SSSR count). The van der Waals surface area contributed by atoms with E-state index in [-0.39, 0.29) is 67.6 Å². The predicted molar refractivity (Wildman–Crippen MR) is 275 cm³/mol. The molecule has 72 heavy (non-hydrogen) atoms. The molecule has 1 saturated heterocycles. The first-order valence-electron chi connectivity index (χ1n) is 25.5. The SMILES string of the molecule is CCN[C@@H](C)C(=O)NCC(=O)N[C@H](C(=O)N1CCc2ccc(OCc3ccc(C(=O)N[C@H]4C[C@@H](C(=O)N[C@@H]5CCCc6ccccc65)N(C(=O)[C@@H](NC(=O)[C@H](C)NC)C(C)(C)C)C4)cc3)cc2C1)C(C)(C)C. The van der Waals surface area contributed by atoms with E-state index in [0.717, 1.165) is 41.5 Å². The van der Waals surface area contributed by atoms with Crippen molar-refractivity contribution in [3.8, 4) is 5.75 Å². The zero-order valence-corrected chi connectivity index (χ0v) is 43.8. The molecule has 0 aromatic heterocycles. The van der Waals surface area contributed by atoms with Crippen molar-refractivity contribution in [2.75, 3.05) is 33.2 Å². The molecule has 17 nitrogen and oxygen atoms in total. The maximum absolute atomic E-state index is 14.6. The summed E-state index contributed by atoms with van der Waals surface area (Å²) in [5.74, 6) is -1.71. The number of benzene rings is 3. The Balaban J connectivity index is 1.08. The van der Waals surface area contributed by atoms with Crippen molar-refractivity contribution in [3.63, 3.8) is 0 Å². The summed E-state index contributed by atoms with van der Waals surface area (Å²) < 4.78 is 6.22. The second kappa shape index (κ2) is 23.9. The molecule has 17 heteroatoms. The largest absolute Gasteiger partial charge is 0.489 e. The van der Waals surface area contributed by atoms with Crippen LogP contribution >= 0.6 is 0 Å². The van der Waals surface area contributed by atoms with Gasteiger partial charge in [-0.1, -0.05) is 90.9 Å². The van der Waals surface area contributed by atoms with Crippen LogP contribution in [0.15, 0.2) is 66.7 Å². The summed E-state index contributed by atoms with van der Waals surface area (Å²) in [5.41, 5.74) is 4.24.